The van der Waals surface area contributed by atoms with Gasteiger partial charge in [-0.05, 0) is 32.1 Å². The Hall–Kier alpha value is -3.73. The minimum absolute atomic E-state index is 0.00783. The van der Waals surface area contributed by atoms with E-state index in [0.29, 0.717) is 0 Å². The quantitative estimate of drug-likeness (QED) is 0.0941. The lowest BCUT2D eigenvalue weighted by molar-refractivity contribution is -0.147. The number of thiol groups is 1. The number of nitrogens with zero attached hydrogens (tertiary/aromatic N) is 1. The van der Waals surface area contributed by atoms with Crippen LogP contribution in [0.15, 0.2) is 0 Å². The molecule has 0 unspecified atom stereocenters. The second kappa shape index (κ2) is 17.7. The van der Waals surface area contributed by atoms with Crippen LogP contribution < -0.4 is 21.3 Å². The molecule has 0 aromatic heterocycles. The van der Waals surface area contributed by atoms with Gasteiger partial charge in [-0.25, -0.2) is 0 Å². The Morgan fingerprint density at radius 2 is 1.31 bits per heavy atom. The van der Waals surface area contributed by atoms with Gasteiger partial charge in [-0.2, -0.15) is 0 Å². The molecular formula is C28H45N5O11S. The molecule has 45 heavy (non-hydrogen) atoms. The molecule has 5 amide bonds. The molecule has 254 valence electrons. The number of carbonyl (C=O) groups excluding carboxylic acids is 6. The molecule has 0 aromatic rings. The fourth-order valence-electron chi connectivity index (χ4n) is 4.79. The summed E-state index contributed by atoms with van der Waals surface area (Å²) in [4.78, 5) is 101. The molecule has 0 bridgehead atoms. The number of likely N-dealkylation sites (tertiary alicyclic amines) is 1. The van der Waals surface area contributed by atoms with Gasteiger partial charge in [0.15, 0.2) is 0 Å². The van der Waals surface area contributed by atoms with Crippen LogP contribution in [0.1, 0.15) is 67.7 Å². The Labute approximate surface area is 267 Å². The molecule has 1 fully saturated rings. The van der Waals surface area contributed by atoms with Crippen LogP contribution in [0.2, 0.25) is 0 Å². The predicted octanol–water partition coefficient (Wildman–Crippen LogP) is -0.942. The summed E-state index contributed by atoms with van der Waals surface area (Å²) < 4.78 is 5.86. The Morgan fingerprint density at radius 1 is 0.778 bits per heavy atom. The second-order valence-corrected chi connectivity index (χ2v) is 12.2. The molecule has 17 heteroatoms. The largest absolute Gasteiger partial charge is 0.481 e. The van der Waals surface area contributed by atoms with Gasteiger partial charge in [0.05, 0.1) is 25.0 Å². The highest BCUT2D eigenvalue weighted by molar-refractivity contribution is 7.96. The van der Waals surface area contributed by atoms with E-state index in [1.54, 1.807) is 41.5 Å². The van der Waals surface area contributed by atoms with Crippen LogP contribution in [-0.2, 0) is 43.1 Å². The molecule has 6 N–H and O–H groups in total. The van der Waals surface area contributed by atoms with Crippen LogP contribution in [0.4, 0.5) is 0 Å². The Bertz CT molecular complexity index is 1150. The van der Waals surface area contributed by atoms with Crippen molar-refractivity contribution in [1.29, 1.82) is 0 Å². The highest BCUT2D eigenvalue weighted by Gasteiger charge is 2.46. The molecule has 0 spiro atoms. The molecule has 0 saturated carbocycles. The molecule has 1 saturated heterocycles. The van der Waals surface area contributed by atoms with E-state index in [4.69, 9.17) is 9.84 Å². The number of carboxylic acids is 2. The summed E-state index contributed by atoms with van der Waals surface area (Å²) in [5, 5.41) is 27.3. The first kappa shape index (κ1) is 39.3. The lowest BCUT2D eigenvalue weighted by Crippen LogP contribution is -2.61. The smallest absolute Gasteiger partial charge is 0.305 e. The first-order valence-corrected chi connectivity index (χ1v) is 15.0. The molecule has 1 heterocycles. The summed E-state index contributed by atoms with van der Waals surface area (Å²) in [6.07, 6.45) is -2.57. The summed E-state index contributed by atoms with van der Waals surface area (Å²) in [6, 6.07) is -6.77. The summed E-state index contributed by atoms with van der Waals surface area (Å²) in [7, 11) is 0. The molecule has 0 aromatic carbocycles. The highest BCUT2D eigenvalue weighted by Crippen LogP contribution is 2.25. The van der Waals surface area contributed by atoms with Gasteiger partial charge >= 0.3 is 11.9 Å². The van der Waals surface area contributed by atoms with Crippen molar-refractivity contribution in [2.75, 3.05) is 6.54 Å². The molecule has 6 atom stereocenters. The number of ether oxygens (including phenoxy) is 1. The van der Waals surface area contributed by atoms with E-state index >= 15 is 0 Å². The average molecular weight is 660 g/mol. The van der Waals surface area contributed by atoms with Crippen molar-refractivity contribution in [2.24, 2.45) is 11.8 Å². The topological polar surface area (TPSA) is 238 Å². The fourth-order valence-corrected chi connectivity index (χ4v) is 4.95. The zero-order valence-corrected chi connectivity index (χ0v) is 27.4. The number of hydrogen-bond acceptors (Lipinski definition) is 9. The minimum Gasteiger partial charge on any atom is -0.481 e. The number of rotatable bonds is 17. The van der Waals surface area contributed by atoms with E-state index in [-0.39, 0.29) is 19.1 Å². The maximum absolute atomic E-state index is 13.9. The number of nitrogens with one attached hydrogen (secondary N) is 4. The normalized spacial score (nSPS) is 19.0. The number of amides is 5. The van der Waals surface area contributed by atoms with Crippen LogP contribution in [0, 0.1) is 11.8 Å². The third-order valence-electron chi connectivity index (χ3n) is 6.88. The monoisotopic (exact) mass is 659 g/mol. The van der Waals surface area contributed by atoms with Crippen LogP contribution in [0.5, 0.6) is 0 Å². The lowest BCUT2D eigenvalue weighted by Gasteiger charge is -2.33. The predicted molar refractivity (Wildman–Crippen MR) is 162 cm³/mol. The van der Waals surface area contributed by atoms with E-state index in [2.05, 4.69) is 33.9 Å². The van der Waals surface area contributed by atoms with Crippen molar-refractivity contribution in [3.8, 4) is 0 Å². The van der Waals surface area contributed by atoms with Crippen molar-refractivity contribution in [3.05, 3.63) is 0 Å². The first-order valence-electron chi connectivity index (χ1n) is 14.6. The minimum atomic E-state index is -1.62. The first-order chi connectivity index (χ1) is 20.8. The van der Waals surface area contributed by atoms with Gasteiger partial charge in [-0.3, -0.25) is 38.4 Å². The van der Waals surface area contributed by atoms with E-state index in [1.807, 2.05) is 0 Å². The van der Waals surface area contributed by atoms with E-state index in [1.165, 1.54) is 6.92 Å². The zero-order chi connectivity index (χ0) is 34.8. The summed E-state index contributed by atoms with van der Waals surface area (Å²) in [5.41, 5.74) is 0. The third kappa shape index (κ3) is 12.3. The molecular weight excluding hydrogens is 614 g/mol. The third-order valence-corrected chi connectivity index (χ3v) is 7.20. The van der Waals surface area contributed by atoms with Crippen LogP contribution >= 0.6 is 12.6 Å². The lowest BCUT2D eigenvalue weighted by atomic mass is 10.00. The number of hydrogen-bond donors (Lipinski definition) is 7. The maximum Gasteiger partial charge on any atom is 0.305 e. The number of aliphatic carboxylic acids is 2. The zero-order valence-electron chi connectivity index (χ0n) is 26.5. The summed E-state index contributed by atoms with van der Waals surface area (Å²) >= 11 is 3.66. The Kier molecular flexibility index (Phi) is 15.4. The Morgan fingerprint density at radius 3 is 1.76 bits per heavy atom. The van der Waals surface area contributed by atoms with Crippen molar-refractivity contribution in [1.82, 2.24) is 26.2 Å². The number of carbonyl (C=O) groups is 8. The molecule has 1 aliphatic rings. The van der Waals surface area contributed by atoms with Crippen LogP contribution in [-0.4, -0.2) is 111 Å². The van der Waals surface area contributed by atoms with Gasteiger partial charge < -0.3 is 41.1 Å². The molecule has 1 aliphatic heterocycles. The molecule has 0 aliphatic carbocycles. The summed E-state index contributed by atoms with van der Waals surface area (Å²) in [6.45, 7) is 11.1. The standard InChI is InChI=1S/C28H45N5O11S/c1-12(2)21(29-15(7)34)25(40)30-16(10-19(35)36)24(39)32-22(13(3)4)27(42)33-9-8-18(44-14(5)6)23(33)26(41)31-17(28(43)45)11-20(37)38/h12-14,16-18,21-23H,8-11H2,1-7H3,(H,29,34)(H,30,40)(H,31,41)(H,32,39)(H,35,36)(H,37,38)(H,43,45)/t16-,17-,18-,21-,22-,23-/m0/s1. The van der Waals surface area contributed by atoms with E-state index in [9.17, 15) is 43.5 Å². The van der Waals surface area contributed by atoms with Gasteiger partial charge in [0, 0.05) is 13.5 Å². The van der Waals surface area contributed by atoms with E-state index in [0.717, 1.165) is 4.90 Å². The maximum atomic E-state index is 13.9. The molecule has 1 rings (SSSR count). The van der Waals surface area contributed by atoms with E-state index < -0.39 is 108 Å². The van der Waals surface area contributed by atoms with Gasteiger partial charge in [-0.1, -0.05) is 27.7 Å². The molecule has 16 nitrogen and oxygen atoms in total. The van der Waals surface area contributed by atoms with Crippen LogP contribution in [0.3, 0.4) is 0 Å². The summed E-state index contributed by atoms with van der Waals surface area (Å²) in [5.74, 6) is -7.64. The van der Waals surface area contributed by atoms with Crippen molar-refractivity contribution >= 4 is 59.2 Å². The highest BCUT2D eigenvalue weighted by atomic mass is 32.1. The van der Waals surface area contributed by atoms with Gasteiger partial charge in [0.2, 0.25) is 34.7 Å². The van der Waals surface area contributed by atoms with Crippen molar-refractivity contribution < 1.29 is 53.3 Å². The van der Waals surface area contributed by atoms with Crippen LogP contribution in [0.25, 0.3) is 0 Å². The Balaban J connectivity index is 3.33. The number of carboxylic acid groups (broad SMARTS) is 2. The van der Waals surface area contributed by atoms with Gasteiger partial charge in [0.25, 0.3) is 0 Å². The van der Waals surface area contributed by atoms with Gasteiger partial charge in [0.1, 0.15) is 30.2 Å². The SMILES string of the molecule is CC(=O)N[C@H](C(=O)N[C@@H](CC(=O)O)C(=O)N[C@H](C(=O)N1CC[C@H](OC(C)C)[C@H]1C(=O)N[C@@H](CC(=O)O)C(=O)S)C(C)C)C(C)C. The second-order valence-electron chi connectivity index (χ2n) is 11.8. The van der Waals surface area contributed by atoms with Crippen molar-refractivity contribution in [3.63, 3.8) is 0 Å². The average Bonchev–Trinajstić information content (AvgIpc) is 3.30. The van der Waals surface area contributed by atoms with Gasteiger partial charge in [-0.15, -0.1) is 12.6 Å². The molecule has 0 radical (unpaired) electrons. The van der Waals surface area contributed by atoms with Crippen molar-refractivity contribution in [2.45, 2.75) is 110 Å². The fraction of sp³-hybridized carbons (Fsp3) is 0.714.